The Morgan fingerprint density at radius 3 is 2.65 bits per heavy atom. The lowest BCUT2D eigenvalue weighted by Gasteiger charge is -2.08. The summed E-state index contributed by atoms with van der Waals surface area (Å²) in [7, 11) is -2.23. The van der Waals surface area contributed by atoms with Crippen molar-refractivity contribution in [2.24, 2.45) is 0 Å². The minimum Gasteiger partial charge on any atom is -0.392 e. The molecule has 0 spiro atoms. The van der Waals surface area contributed by atoms with Crippen molar-refractivity contribution >= 4 is 10.0 Å². The Balaban J connectivity index is 2.56. The van der Waals surface area contributed by atoms with E-state index in [0.29, 0.717) is 18.6 Å². The first-order valence-corrected chi connectivity index (χ1v) is 7.87. The third kappa shape index (κ3) is 5.16. The van der Waals surface area contributed by atoms with Gasteiger partial charge >= 0.3 is 0 Å². The summed E-state index contributed by atoms with van der Waals surface area (Å²) in [6, 6.07) is 3.57. The van der Waals surface area contributed by atoms with Gasteiger partial charge in [0.05, 0.1) is 6.61 Å². The van der Waals surface area contributed by atoms with Crippen LogP contribution >= 0.6 is 0 Å². The molecular weight excluding hydrogens is 285 g/mol. The predicted molar refractivity (Wildman–Crippen MR) is 73.2 cm³/mol. The minimum atomic E-state index is -3.85. The zero-order valence-electron chi connectivity index (χ0n) is 11.4. The summed E-state index contributed by atoms with van der Waals surface area (Å²) >= 11 is 0. The fourth-order valence-electron chi connectivity index (χ4n) is 1.69. The first kappa shape index (κ1) is 17.0. The highest BCUT2D eigenvalue weighted by atomic mass is 32.2. The molecule has 1 aromatic carbocycles. The van der Waals surface area contributed by atoms with E-state index in [4.69, 9.17) is 9.84 Å². The molecule has 2 N–H and O–H groups in total. The summed E-state index contributed by atoms with van der Waals surface area (Å²) in [6.07, 6.45) is 2.36. The van der Waals surface area contributed by atoms with Gasteiger partial charge in [-0.2, -0.15) is 0 Å². The molecule has 0 saturated heterocycles. The van der Waals surface area contributed by atoms with Crippen molar-refractivity contribution in [1.29, 1.82) is 0 Å². The molecule has 5 nitrogen and oxygen atoms in total. The predicted octanol–water partition coefficient (Wildman–Crippen LogP) is 1.41. The Morgan fingerprint density at radius 2 is 2.05 bits per heavy atom. The van der Waals surface area contributed by atoms with E-state index >= 15 is 0 Å². The van der Waals surface area contributed by atoms with Crippen LogP contribution in [0.4, 0.5) is 4.39 Å². The third-order valence-corrected chi connectivity index (χ3v) is 4.28. The van der Waals surface area contributed by atoms with Crippen LogP contribution in [-0.4, -0.2) is 33.8 Å². The Kier molecular flexibility index (Phi) is 7.08. The zero-order valence-corrected chi connectivity index (χ0v) is 12.2. The lowest BCUT2D eigenvalue weighted by atomic mass is 10.2. The van der Waals surface area contributed by atoms with Gasteiger partial charge < -0.3 is 9.84 Å². The minimum absolute atomic E-state index is 0.257. The standard InChI is InChI=1S/C13H20FNO4S/c1-19-8-4-2-3-7-15-20(17,18)13-6-5-11(10-16)9-12(13)14/h5-6,9,15-16H,2-4,7-8,10H2,1H3. The highest BCUT2D eigenvalue weighted by Gasteiger charge is 2.18. The molecule has 20 heavy (non-hydrogen) atoms. The van der Waals surface area contributed by atoms with Crippen molar-refractivity contribution in [1.82, 2.24) is 4.72 Å². The summed E-state index contributed by atoms with van der Waals surface area (Å²) in [5.74, 6) is -0.858. The second kappa shape index (κ2) is 8.31. The van der Waals surface area contributed by atoms with Crippen LogP contribution in [0, 0.1) is 5.82 Å². The van der Waals surface area contributed by atoms with Gasteiger partial charge in [-0.1, -0.05) is 6.07 Å². The van der Waals surface area contributed by atoms with Crippen LogP contribution in [0.15, 0.2) is 23.1 Å². The lowest BCUT2D eigenvalue weighted by molar-refractivity contribution is 0.192. The topological polar surface area (TPSA) is 75.6 Å². The van der Waals surface area contributed by atoms with Crippen molar-refractivity contribution in [2.45, 2.75) is 30.8 Å². The summed E-state index contributed by atoms with van der Waals surface area (Å²) in [6.45, 7) is 0.571. The Labute approximate surface area is 118 Å². The third-order valence-electron chi connectivity index (χ3n) is 2.79. The molecule has 0 aliphatic carbocycles. The maximum Gasteiger partial charge on any atom is 0.243 e. The van der Waals surface area contributed by atoms with Crippen LogP contribution in [-0.2, 0) is 21.4 Å². The smallest absolute Gasteiger partial charge is 0.243 e. The number of halogens is 1. The van der Waals surface area contributed by atoms with Crippen LogP contribution in [0.1, 0.15) is 24.8 Å². The lowest BCUT2D eigenvalue weighted by Crippen LogP contribution is -2.25. The van der Waals surface area contributed by atoms with Crippen LogP contribution in [0.2, 0.25) is 0 Å². The normalized spacial score (nSPS) is 11.8. The number of unbranched alkanes of at least 4 members (excludes halogenated alkanes) is 2. The number of rotatable bonds is 9. The molecule has 0 unspecified atom stereocenters. The molecule has 0 amide bonds. The molecule has 7 heteroatoms. The molecule has 0 aromatic heterocycles. The first-order valence-electron chi connectivity index (χ1n) is 6.39. The molecule has 0 bridgehead atoms. The molecule has 0 aliphatic rings. The summed E-state index contributed by atoms with van der Waals surface area (Å²) < 4.78 is 44.7. The molecule has 0 aliphatic heterocycles. The van der Waals surface area contributed by atoms with Gasteiger partial charge in [0.25, 0.3) is 0 Å². The van der Waals surface area contributed by atoms with Crippen LogP contribution in [0.25, 0.3) is 0 Å². The second-order valence-electron chi connectivity index (χ2n) is 4.37. The van der Waals surface area contributed by atoms with E-state index in [1.54, 1.807) is 7.11 Å². The summed E-state index contributed by atoms with van der Waals surface area (Å²) in [5.41, 5.74) is 0.334. The Morgan fingerprint density at radius 1 is 1.30 bits per heavy atom. The van der Waals surface area contributed by atoms with Gasteiger partial charge in [-0.05, 0) is 37.0 Å². The van der Waals surface area contributed by atoms with Crippen LogP contribution < -0.4 is 4.72 Å². The zero-order chi connectivity index (χ0) is 15.0. The molecule has 0 atom stereocenters. The number of methoxy groups -OCH3 is 1. The number of ether oxygens (including phenoxy) is 1. The van der Waals surface area contributed by atoms with E-state index in [2.05, 4.69) is 4.72 Å². The highest BCUT2D eigenvalue weighted by molar-refractivity contribution is 7.89. The first-order chi connectivity index (χ1) is 9.51. The number of nitrogens with one attached hydrogen (secondary N) is 1. The van der Waals surface area contributed by atoms with E-state index < -0.39 is 20.7 Å². The van der Waals surface area contributed by atoms with Gasteiger partial charge in [-0.3, -0.25) is 0 Å². The Bertz CT molecular complexity index is 519. The van der Waals surface area contributed by atoms with E-state index in [-0.39, 0.29) is 13.2 Å². The van der Waals surface area contributed by atoms with Crippen molar-refractivity contribution < 1.29 is 22.7 Å². The maximum absolute atomic E-state index is 13.7. The maximum atomic E-state index is 13.7. The number of sulfonamides is 1. The van der Waals surface area contributed by atoms with Crippen molar-refractivity contribution in [3.63, 3.8) is 0 Å². The average molecular weight is 305 g/mol. The van der Waals surface area contributed by atoms with Gasteiger partial charge in [0.2, 0.25) is 10.0 Å². The molecule has 114 valence electrons. The number of benzene rings is 1. The average Bonchev–Trinajstić information content (AvgIpc) is 2.42. The molecule has 1 rings (SSSR count). The number of hydrogen-bond donors (Lipinski definition) is 2. The van der Waals surface area contributed by atoms with E-state index in [1.807, 2.05) is 0 Å². The quantitative estimate of drug-likeness (QED) is 0.677. The number of aliphatic hydroxyl groups excluding tert-OH is 1. The number of aliphatic hydroxyl groups is 1. The second-order valence-corrected chi connectivity index (χ2v) is 6.11. The largest absolute Gasteiger partial charge is 0.392 e. The SMILES string of the molecule is COCCCCCNS(=O)(=O)c1ccc(CO)cc1F. The molecule has 0 radical (unpaired) electrons. The Hall–Kier alpha value is -1.02. The van der Waals surface area contributed by atoms with Gasteiger partial charge in [0, 0.05) is 20.3 Å². The summed E-state index contributed by atoms with van der Waals surface area (Å²) in [5, 5.41) is 8.86. The van der Waals surface area contributed by atoms with E-state index in [1.165, 1.54) is 6.07 Å². The van der Waals surface area contributed by atoms with Gasteiger partial charge in [-0.25, -0.2) is 17.5 Å². The molecule has 0 saturated carbocycles. The fourth-order valence-corrected chi connectivity index (χ4v) is 2.82. The molecule has 1 aromatic rings. The van der Waals surface area contributed by atoms with Crippen LogP contribution in [0.5, 0.6) is 0 Å². The van der Waals surface area contributed by atoms with Crippen molar-refractivity contribution in [3.05, 3.63) is 29.6 Å². The highest BCUT2D eigenvalue weighted by Crippen LogP contribution is 2.16. The molecular formula is C13H20FNO4S. The van der Waals surface area contributed by atoms with Gasteiger partial charge in [0.1, 0.15) is 10.7 Å². The molecule has 0 heterocycles. The van der Waals surface area contributed by atoms with Crippen molar-refractivity contribution in [3.8, 4) is 0 Å². The van der Waals surface area contributed by atoms with E-state index in [9.17, 15) is 12.8 Å². The number of hydrogen-bond acceptors (Lipinski definition) is 4. The van der Waals surface area contributed by atoms with Gasteiger partial charge in [0.15, 0.2) is 0 Å². The van der Waals surface area contributed by atoms with Crippen LogP contribution in [0.3, 0.4) is 0 Å². The van der Waals surface area contributed by atoms with Crippen molar-refractivity contribution in [2.75, 3.05) is 20.3 Å². The van der Waals surface area contributed by atoms with Gasteiger partial charge in [-0.15, -0.1) is 0 Å². The van der Waals surface area contributed by atoms with E-state index in [0.717, 1.165) is 25.0 Å². The molecule has 0 fully saturated rings. The fraction of sp³-hybridized carbons (Fsp3) is 0.538. The monoisotopic (exact) mass is 305 g/mol. The summed E-state index contributed by atoms with van der Waals surface area (Å²) in [4.78, 5) is -0.397.